The quantitative estimate of drug-likeness (QED) is 0.599. The number of rotatable bonds is 8. The van der Waals surface area contributed by atoms with Crippen molar-refractivity contribution in [2.24, 2.45) is 0 Å². The fraction of sp³-hybridized carbons (Fsp3) is 0.455. The molecule has 0 radical (unpaired) electrons. The normalized spacial score (nSPS) is 17.7. The summed E-state index contributed by atoms with van der Waals surface area (Å²) in [5, 5.41) is 10.3. The van der Waals surface area contributed by atoms with E-state index in [2.05, 4.69) is 40.1 Å². The number of piperazine rings is 1. The fourth-order valence-corrected chi connectivity index (χ4v) is 3.67. The molecule has 2 aliphatic heterocycles. The monoisotopic (exact) mass is 419 g/mol. The van der Waals surface area contributed by atoms with Crippen LogP contribution in [0.3, 0.4) is 0 Å². The van der Waals surface area contributed by atoms with Crippen LogP contribution in [0.5, 0.6) is 11.5 Å². The molecule has 0 bridgehead atoms. The molecule has 158 valence electrons. The molecule has 4 rings (SSSR count). The molecule has 2 aliphatic rings. The van der Waals surface area contributed by atoms with Gasteiger partial charge in [0, 0.05) is 39.3 Å². The Morgan fingerprint density at radius 1 is 0.897 bits per heavy atom. The highest BCUT2D eigenvalue weighted by Gasteiger charge is 2.19. The first-order valence-corrected chi connectivity index (χ1v) is 9.89. The summed E-state index contributed by atoms with van der Waals surface area (Å²) < 4.78 is 16.4. The molecule has 29 heavy (non-hydrogen) atoms. The number of benzene rings is 2. The molecule has 0 aliphatic carbocycles. The molecule has 2 heterocycles. The molecule has 0 saturated carbocycles. The Morgan fingerprint density at radius 3 is 2.41 bits per heavy atom. The van der Waals surface area contributed by atoms with E-state index in [1.54, 1.807) is 0 Å². The fourth-order valence-electron chi connectivity index (χ4n) is 3.67. The number of aliphatic hydroxyl groups is 1. The number of β-amino-alcohol motifs (C(OH)–C–C–N with tert-alkyl or cyclic N) is 1. The van der Waals surface area contributed by atoms with Gasteiger partial charge in [0.05, 0.1) is 19.3 Å². The number of ether oxygens (including phenoxy) is 3. The van der Waals surface area contributed by atoms with Crippen molar-refractivity contribution in [2.45, 2.75) is 19.3 Å². The number of aliphatic hydroxyl groups excluding tert-OH is 1. The molecule has 1 saturated heterocycles. The largest absolute Gasteiger partial charge is 1.00 e. The lowest BCUT2D eigenvalue weighted by atomic mass is 10.2. The molecular formula is C22H28ClN2O4-. The average molecular weight is 420 g/mol. The lowest BCUT2D eigenvalue weighted by Gasteiger charge is -2.35. The van der Waals surface area contributed by atoms with Crippen molar-refractivity contribution < 1.29 is 31.7 Å². The number of fused-ring (bicyclic) bond motifs is 1. The molecule has 0 aromatic heterocycles. The van der Waals surface area contributed by atoms with Gasteiger partial charge in [-0.15, -0.1) is 0 Å². The van der Waals surface area contributed by atoms with Crippen molar-refractivity contribution in [2.75, 3.05) is 46.1 Å². The molecule has 0 amide bonds. The molecule has 1 N–H and O–H groups in total. The molecular weight excluding hydrogens is 392 g/mol. The molecule has 0 spiro atoms. The third-order valence-electron chi connectivity index (χ3n) is 5.20. The number of halogens is 1. The molecule has 2 aromatic rings. The maximum atomic E-state index is 10.3. The smallest absolute Gasteiger partial charge is 0.231 e. The Morgan fingerprint density at radius 2 is 1.62 bits per heavy atom. The lowest BCUT2D eigenvalue weighted by Crippen LogP contribution is -3.00. The van der Waals surface area contributed by atoms with Crippen molar-refractivity contribution in [3.05, 3.63) is 59.7 Å². The van der Waals surface area contributed by atoms with Gasteiger partial charge in [0.2, 0.25) is 6.79 Å². The first-order valence-electron chi connectivity index (χ1n) is 9.89. The second kappa shape index (κ2) is 10.8. The molecule has 1 atom stereocenters. The maximum absolute atomic E-state index is 10.3. The highest BCUT2D eigenvalue weighted by Crippen LogP contribution is 2.32. The highest BCUT2D eigenvalue weighted by atomic mass is 35.5. The average Bonchev–Trinajstić information content (AvgIpc) is 3.18. The molecule has 7 heteroatoms. The summed E-state index contributed by atoms with van der Waals surface area (Å²) in [6.45, 7) is 6.72. The van der Waals surface area contributed by atoms with Gasteiger partial charge in [-0.2, -0.15) is 0 Å². The Labute approximate surface area is 178 Å². The van der Waals surface area contributed by atoms with Gasteiger partial charge in [-0.1, -0.05) is 36.4 Å². The molecule has 1 unspecified atom stereocenters. The summed E-state index contributed by atoms with van der Waals surface area (Å²) in [5.41, 5.74) is 2.37. The van der Waals surface area contributed by atoms with E-state index < -0.39 is 6.10 Å². The van der Waals surface area contributed by atoms with Gasteiger partial charge >= 0.3 is 0 Å². The summed E-state index contributed by atoms with van der Waals surface area (Å²) in [6, 6.07) is 16.4. The van der Waals surface area contributed by atoms with Crippen molar-refractivity contribution in [3.8, 4) is 11.5 Å². The summed E-state index contributed by atoms with van der Waals surface area (Å²) in [7, 11) is 0. The van der Waals surface area contributed by atoms with Crippen molar-refractivity contribution in [1.82, 2.24) is 9.80 Å². The van der Waals surface area contributed by atoms with Crippen molar-refractivity contribution in [1.29, 1.82) is 0 Å². The molecule has 2 aromatic carbocycles. The third kappa shape index (κ3) is 6.32. The van der Waals surface area contributed by atoms with Gasteiger partial charge in [0.25, 0.3) is 0 Å². The van der Waals surface area contributed by atoms with Crippen LogP contribution < -0.4 is 21.9 Å². The van der Waals surface area contributed by atoms with Crippen LogP contribution in [0.15, 0.2) is 48.5 Å². The minimum Gasteiger partial charge on any atom is -1.00 e. The third-order valence-corrected chi connectivity index (χ3v) is 5.20. The van der Waals surface area contributed by atoms with Crippen molar-refractivity contribution >= 4 is 0 Å². The predicted molar refractivity (Wildman–Crippen MR) is 106 cm³/mol. The van der Waals surface area contributed by atoms with E-state index >= 15 is 0 Å². The van der Waals surface area contributed by atoms with Gasteiger partial charge in [-0.25, -0.2) is 0 Å². The summed E-state index contributed by atoms with van der Waals surface area (Å²) in [5.74, 6) is 1.53. The highest BCUT2D eigenvalue weighted by molar-refractivity contribution is 5.44. The summed E-state index contributed by atoms with van der Waals surface area (Å²) in [4.78, 5) is 4.78. The van der Waals surface area contributed by atoms with Crippen LogP contribution in [-0.4, -0.2) is 67.1 Å². The summed E-state index contributed by atoms with van der Waals surface area (Å²) >= 11 is 0. The zero-order chi connectivity index (χ0) is 19.2. The zero-order valence-corrected chi connectivity index (χ0v) is 17.3. The van der Waals surface area contributed by atoms with Gasteiger partial charge < -0.3 is 31.7 Å². The van der Waals surface area contributed by atoms with Crippen molar-refractivity contribution in [3.63, 3.8) is 0 Å². The van der Waals surface area contributed by atoms with E-state index in [1.165, 1.54) is 5.56 Å². The molecule has 1 fully saturated rings. The van der Waals surface area contributed by atoms with E-state index in [-0.39, 0.29) is 19.2 Å². The Balaban J connectivity index is 0.00000240. The Hall–Kier alpha value is -1.83. The molecule has 6 nitrogen and oxygen atoms in total. The van der Waals surface area contributed by atoms with Crippen LogP contribution in [0.1, 0.15) is 11.1 Å². The minimum absolute atomic E-state index is 0. The first kappa shape index (κ1) is 21.9. The van der Waals surface area contributed by atoms with Gasteiger partial charge in [-0.05, 0) is 23.3 Å². The predicted octanol–water partition coefficient (Wildman–Crippen LogP) is -0.885. The van der Waals surface area contributed by atoms with Crippen LogP contribution in [-0.2, 0) is 17.9 Å². The topological polar surface area (TPSA) is 54.4 Å². The van der Waals surface area contributed by atoms with E-state index in [0.29, 0.717) is 19.8 Å². The van der Waals surface area contributed by atoms with E-state index in [0.717, 1.165) is 49.8 Å². The lowest BCUT2D eigenvalue weighted by molar-refractivity contribution is -0.0000524. The number of hydrogen-bond acceptors (Lipinski definition) is 6. The Kier molecular flexibility index (Phi) is 8.15. The van der Waals surface area contributed by atoms with E-state index in [9.17, 15) is 5.11 Å². The summed E-state index contributed by atoms with van der Waals surface area (Å²) in [6.07, 6.45) is -0.477. The Bertz CT molecular complexity index is 754. The van der Waals surface area contributed by atoms with E-state index in [1.807, 2.05) is 18.2 Å². The van der Waals surface area contributed by atoms with Crippen LogP contribution >= 0.6 is 0 Å². The maximum Gasteiger partial charge on any atom is 0.231 e. The van der Waals surface area contributed by atoms with Crippen LogP contribution in [0.2, 0.25) is 0 Å². The standard InChI is InChI=1S/C22H28N2O4.ClH/c25-20(16-26-15-19-6-7-21-22(12-19)28-17-27-21)14-24-10-8-23(9-11-24)13-18-4-2-1-3-5-18;/h1-7,12,20,25H,8-11,13-17H2;1H/p-1. The zero-order valence-electron chi connectivity index (χ0n) is 16.5. The number of hydrogen-bond donors (Lipinski definition) is 1. The number of nitrogens with zero attached hydrogens (tertiary/aromatic N) is 2. The van der Waals surface area contributed by atoms with Gasteiger partial charge in [0.15, 0.2) is 11.5 Å². The van der Waals surface area contributed by atoms with E-state index in [4.69, 9.17) is 14.2 Å². The minimum atomic E-state index is -0.477. The van der Waals surface area contributed by atoms with Crippen LogP contribution in [0.4, 0.5) is 0 Å². The van der Waals surface area contributed by atoms with Gasteiger partial charge in [-0.3, -0.25) is 9.80 Å². The van der Waals surface area contributed by atoms with Crippen LogP contribution in [0, 0.1) is 0 Å². The van der Waals surface area contributed by atoms with Crippen LogP contribution in [0.25, 0.3) is 0 Å². The first-order chi connectivity index (χ1) is 13.8. The SMILES string of the molecule is OC(COCc1ccc2c(c1)OCO2)CN1CCN(Cc2ccccc2)CC1.[Cl-]. The van der Waals surface area contributed by atoms with Gasteiger partial charge in [0.1, 0.15) is 0 Å². The second-order valence-corrected chi connectivity index (χ2v) is 7.42. The second-order valence-electron chi connectivity index (χ2n) is 7.42.